The van der Waals surface area contributed by atoms with E-state index in [-0.39, 0.29) is 29.7 Å². The van der Waals surface area contributed by atoms with Gasteiger partial charge in [-0.1, -0.05) is 49.9 Å². The Morgan fingerprint density at radius 3 is 2.33 bits per heavy atom. The summed E-state index contributed by atoms with van der Waals surface area (Å²) < 4.78 is 25.5. The van der Waals surface area contributed by atoms with E-state index in [2.05, 4.69) is 20.3 Å². The van der Waals surface area contributed by atoms with Crippen LogP contribution in [0, 0.1) is 5.92 Å². The Morgan fingerprint density at radius 1 is 1.11 bits per heavy atom. The molecular formula is C19H33IN4O2S. The Bertz CT molecular complexity index is 671. The molecule has 0 spiro atoms. The van der Waals surface area contributed by atoms with Crippen molar-refractivity contribution in [1.82, 2.24) is 15.4 Å². The van der Waals surface area contributed by atoms with Crippen molar-refractivity contribution in [2.45, 2.75) is 50.8 Å². The van der Waals surface area contributed by atoms with Gasteiger partial charge < -0.3 is 10.6 Å². The second-order valence-corrected chi connectivity index (χ2v) is 8.85. The van der Waals surface area contributed by atoms with Gasteiger partial charge in [-0.2, -0.15) is 0 Å². The van der Waals surface area contributed by atoms with E-state index in [1.807, 2.05) is 24.3 Å². The van der Waals surface area contributed by atoms with Crippen LogP contribution in [0.1, 0.15) is 49.7 Å². The topological polar surface area (TPSA) is 82.6 Å². The molecule has 6 nitrogen and oxygen atoms in total. The molecular weight excluding hydrogens is 475 g/mol. The van der Waals surface area contributed by atoms with E-state index in [4.69, 9.17) is 0 Å². The van der Waals surface area contributed by atoms with Gasteiger partial charge in [-0.25, -0.2) is 13.1 Å². The third-order valence-electron chi connectivity index (χ3n) is 4.93. The molecule has 1 aliphatic carbocycles. The molecule has 27 heavy (non-hydrogen) atoms. The van der Waals surface area contributed by atoms with Crippen molar-refractivity contribution in [3.05, 3.63) is 35.4 Å². The minimum Gasteiger partial charge on any atom is -0.356 e. The van der Waals surface area contributed by atoms with Crippen molar-refractivity contribution in [1.29, 1.82) is 0 Å². The number of nitrogens with one attached hydrogen (secondary N) is 3. The highest BCUT2D eigenvalue weighted by Crippen LogP contribution is 2.28. The van der Waals surface area contributed by atoms with Crippen LogP contribution in [0.2, 0.25) is 0 Å². The summed E-state index contributed by atoms with van der Waals surface area (Å²) in [6, 6.07) is 7.59. The molecule has 0 radical (unpaired) electrons. The van der Waals surface area contributed by atoms with Gasteiger partial charge in [0.15, 0.2) is 5.96 Å². The first-order valence-corrected chi connectivity index (χ1v) is 11.1. The lowest BCUT2D eigenvalue weighted by molar-refractivity contribution is 0.481. The molecule has 0 bridgehead atoms. The van der Waals surface area contributed by atoms with Gasteiger partial charge in [0.25, 0.3) is 0 Å². The van der Waals surface area contributed by atoms with Gasteiger partial charge in [-0.05, 0) is 36.9 Å². The third-order valence-corrected chi connectivity index (χ3v) is 6.27. The number of benzene rings is 1. The predicted octanol–water partition coefficient (Wildman–Crippen LogP) is 2.99. The van der Waals surface area contributed by atoms with Gasteiger partial charge in [0.2, 0.25) is 10.0 Å². The Hall–Kier alpha value is -0.870. The van der Waals surface area contributed by atoms with Gasteiger partial charge >= 0.3 is 0 Å². The molecule has 0 aliphatic heterocycles. The molecule has 0 aromatic heterocycles. The second-order valence-electron chi connectivity index (χ2n) is 6.92. The second kappa shape index (κ2) is 12.6. The smallest absolute Gasteiger partial charge is 0.215 e. The van der Waals surface area contributed by atoms with Gasteiger partial charge in [0, 0.05) is 20.1 Å². The van der Waals surface area contributed by atoms with Crippen LogP contribution in [-0.2, 0) is 22.3 Å². The first-order valence-electron chi connectivity index (χ1n) is 9.46. The summed E-state index contributed by atoms with van der Waals surface area (Å²) in [6.07, 6.45) is 8.10. The normalized spacial score (nSPS) is 15.4. The Morgan fingerprint density at radius 2 is 1.74 bits per heavy atom. The summed E-state index contributed by atoms with van der Waals surface area (Å²) in [5, 5.41) is 6.67. The molecule has 1 aliphatic rings. The SMILES string of the molecule is CN=C(NCCCC1CCCC1)NCc1ccc(CS(=O)(=O)NC)cc1.I. The maximum Gasteiger partial charge on any atom is 0.215 e. The molecule has 8 heteroatoms. The first-order chi connectivity index (χ1) is 12.5. The molecule has 154 valence electrons. The van der Waals surface area contributed by atoms with Crippen LogP contribution in [0.25, 0.3) is 0 Å². The highest BCUT2D eigenvalue weighted by molar-refractivity contribution is 14.0. The van der Waals surface area contributed by atoms with E-state index >= 15 is 0 Å². The maximum absolute atomic E-state index is 11.6. The standard InChI is InChI=1S/C19H32N4O2S.HI/c1-20-19(22-13-5-8-16-6-3-4-7-16)23-14-17-9-11-18(12-10-17)15-26(24,25)21-2;/h9-12,16,21H,3-8,13-15H2,1-2H3,(H2,20,22,23);1H. The van der Waals surface area contributed by atoms with Crippen LogP contribution < -0.4 is 15.4 Å². The number of rotatable bonds is 9. The molecule has 0 heterocycles. The number of sulfonamides is 1. The van der Waals surface area contributed by atoms with Gasteiger partial charge in [0.05, 0.1) is 5.75 Å². The zero-order valence-electron chi connectivity index (χ0n) is 16.3. The summed E-state index contributed by atoms with van der Waals surface area (Å²) in [7, 11) is -0.0226. The quantitative estimate of drug-likeness (QED) is 0.207. The summed E-state index contributed by atoms with van der Waals surface area (Å²) in [6.45, 7) is 1.60. The van der Waals surface area contributed by atoms with Crippen molar-refractivity contribution >= 4 is 40.0 Å². The summed E-state index contributed by atoms with van der Waals surface area (Å²) >= 11 is 0. The largest absolute Gasteiger partial charge is 0.356 e. The van der Waals surface area contributed by atoms with Crippen LogP contribution in [0.15, 0.2) is 29.3 Å². The minimum atomic E-state index is -3.23. The van der Waals surface area contributed by atoms with Gasteiger partial charge in [-0.15, -0.1) is 24.0 Å². The van der Waals surface area contributed by atoms with E-state index in [1.54, 1.807) is 7.05 Å². The van der Waals surface area contributed by atoms with Crippen LogP contribution >= 0.6 is 24.0 Å². The zero-order chi connectivity index (χ0) is 18.8. The van der Waals surface area contributed by atoms with Gasteiger partial charge in [-0.3, -0.25) is 4.99 Å². The molecule has 1 aromatic rings. The van der Waals surface area contributed by atoms with Gasteiger partial charge in [0.1, 0.15) is 0 Å². The average Bonchev–Trinajstić information content (AvgIpc) is 3.15. The lowest BCUT2D eigenvalue weighted by atomic mass is 10.0. The van der Waals surface area contributed by atoms with Crippen LogP contribution in [0.5, 0.6) is 0 Å². The van der Waals surface area contributed by atoms with E-state index < -0.39 is 10.0 Å². The summed E-state index contributed by atoms with van der Waals surface area (Å²) in [5.41, 5.74) is 1.86. The number of nitrogens with zero attached hydrogens (tertiary/aromatic N) is 1. The zero-order valence-corrected chi connectivity index (χ0v) is 19.5. The number of guanidine groups is 1. The highest BCUT2D eigenvalue weighted by atomic mass is 127. The van der Waals surface area contributed by atoms with Crippen molar-refractivity contribution in [2.24, 2.45) is 10.9 Å². The first kappa shape index (κ1) is 24.2. The third kappa shape index (κ3) is 9.25. The molecule has 1 fully saturated rings. The van der Waals surface area contributed by atoms with Crippen molar-refractivity contribution in [3.8, 4) is 0 Å². The average molecular weight is 508 g/mol. The predicted molar refractivity (Wildman–Crippen MR) is 123 cm³/mol. The number of halogens is 1. The molecule has 1 saturated carbocycles. The van der Waals surface area contributed by atoms with Crippen molar-refractivity contribution in [2.75, 3.05) is 20.6 Å². The lowest BCUT2D eigenvalue weighted by Gasteiger charge is -2.13. The van der Waals surface area contributed by atoms with Crippen LogP contribution in [-0.4, -0.2) is 35.0 Å². The van der Waals surface area contributed by atoms with E-state index in [9.17, 15) is 8.42 Å². The van der Waals surface area contributed by atoms with E-state index in [1.165, 1.54) is 45.6 Å². The number of hydrogen-bond acceptors (Lipinski definition) is 3. The molecule has 0 unspecified atom stereocenters. The minimum absolute atomic E-state index is 0. The fourth-order valence-electron chi connectivity index (χ4n) is 3.35. The summed E-state index contributed by atoms with van der Waals surface area (Å²) in [5.74, 6) is 1.73. The Kier molecular flexibility index (Phi) is 11.2. The molecule has 0 amide bonds. The number of aliphatic imine (C=N–C) groups is 1. The highest BCUT2D eigenvalue weighted by Gasteiger charge is 2.14. The Balaban J connectivity index is 0.00000364. The summed E-state index contributed by atoms with van der Waals surface area (Å²) in [4.78, 5) is 4.26. The maximum atomic E-state index is 11.6. The lowest BCUT2D eigenvalue weighted by Crippen LogP contribution is -2.37. The van der Waals surface area contributed by atoms with Crippen LogP contribution in [0.3, 0.4) is 0 Å². The molecule has 0 atom stereocenters. The molecule has 2 rings (SSSR count). The fraction of sp³-hybridized carbons (Fsp3) is 0.632. The fourth-order valence-corrected chi connectivity index (χ4v) is 4.12. The molecule has 0 saturated heterocycles. The molecule has 1 aromatic carbocycles. The number of hydrogen-bond donors (Lipinski definition) is 3. The van der Waals surface area contributed by atoms with Crippen molar-refractivity contribution < 1.29 is 8.42 Å². The van der Waals surface area contributed by atoms with Crippen molar-refractivity contribution in [3.63, 3.8) is 0 Å². The molecule has 3 N–H and O–H groups in total. The Labute approximate surface area is 181 Å². The van der Waals surface area contributed by atoms with Crippen LogP contribution in [0.4, 0.5) is 0 Å². The van der Waals surface area contributed by atoms with E-state index in [0.29, 0.717) is 6.54 Å². The monoisotopic (exact) mass is 508 g/mol. The van der Waals surface area contributed by atoms with E-state index in [0.717, 1.165) is 29.5 Å².